The molecule has 1 saturated carbocycles. The molecule has 1 N–H and O–H groups in total. The monoisotopic (exact) mass is 356 g/mol. The van der Waals surface area contributed by atoms with Gasteiger partial charge in [-0.2, -0.15) is 5.26 Å². The lowest BCUT2D eigenvalue weighted by Gasteiger charge is -2.10. The van der Waals surface area contributed by atoms with E-state index in [4.69, 9.17) is 5.26 Å². The fraction of sp³-hybridized carbons (Fsp3) is 0.333. The highest BCUT2D eigenvalue weighted by atomic mass is 79.9. The van der Waals surface area contributed by atoms with Gasteiger partial charge in [0.15, 0.2) is 0 Å². The molecule has 0 radical (unpaired) electrons. The topological polar surface area (TPSA) is 52.9 Å². The molecule has 0 heterocycles. The summed E-state index contributed by atoms with van der Waals surface area (Å²) in [6, 6.07) is 7.11. The summed E-state index contributed by atoms with van der Waals surface area (Å²) in [5.74, 6) is 0.130. The Morgan fingerprint density at radius 2 is 1.94 bits per heavy atom. The number of nitriles is 1. The molecule has 1 aliphatic rings. The van der Waals surface area contributed by atoms with Gasteiger partial charge in [0.05, 0.1) is 6.07 Å². The summed E-state index contributed by atoms with van der Waals surface area (Å²) in [5.41, 5.74) is 0.548. The quantitative estimate of drug-likeness (QED) is 0.902. The van der Waals surface area contributed by atoms with Crippen LogP contribution in [-0.4, -0.2) is 11.9 Å². The number of nitrogens with zero attached hydrogens (tertiary/aromatic N) is 1. The number of hydrogen-bond acceptors (Lipinski definition) is 2. The molecule has 17 heavy (non-hydrogen) atoms. The van der Waals surface area contributed by atoms with Crippen LogP contribution in [0.3, 0.4) is 0 Å². The Bertz CT molecular complexity index is 472. The van der Waals surface area contributed by atoms with Gasteiger partial charge in [0.25, 0.3) is 5.91 Å². The Labute approximate surface area is 116 Å². The first-order valence-corrected chi connectivity index (χ1v) is 6.85. The summed E-state index contributed by atoms with van der Waals surface area (Å²) in [4.78, 5) is 11.9. The number of hydrogen-bond donors (Lipinski definition) is 1. The highest BCUT2D eigenvalue weighted by molar-refractivity contribution is 9.11. The maximum absolute atomic E-state index is 11.9. The molecule has 0 aromatic heterocycles. The number of rotatable bonds is 3. The fourth-order valence-corrected chi connectivity index (χ4v) is 2.89. The molecule has 2 rings (SSSR count). The van der Waals surface area contributed by atoms with Gasteiger partial charge in [0, 0.05) is 14.5 Å². The van der Waals surface area contributed by atoms with Crippen LogP contribution in [0.5, 0.6) is 0 Å². The van der Waals surface area contributed by atoms with E-state index < -0.39 is 0 Å². The summed E-state index contributed by atoms with van der Waals surface area (Å²) in [7, 11) is 0. The molecule has 1 unspecified atom stereocenters. The lowest BCUT2D eigenvalue weighted by Crippen LogP contribution is -2.35. The average Bonchev–Trinajstić information content (AvgIpc) is 3.08. The number of amides is 1. The van der Waals surface area contributed by atoms with Gasteiger partial charge in [-0.05, 0) is 37.0 Å². The Hall–Kier alpha value is -0.860. The maximum Gasteiger partial charge on any atom is 0.252 e. The zero-order valence-electron chi connectivity index (χ0n) is 8.91. The van der Waals surface area contributed by atoms with E-state index in [-0.39, 0.29) is 11.9 Å². The lowest BCUT2D eigenvalue weighted by atomic mass is 10.1. The highest BCUT2D eigenvalue weighted by Crippen LogP contribution is 2.32. The number of carbonyl (C=O) groups excluding carboxylic acids is 1. The van der Waals surface area contributed by atoms with Gasteiger partial charge in [-0.3, -0.25) is 4.79 Å². The van der Waals surface area contributed by atoms with Crippen molar-refractivity contribution in [3.8, 4) is 6.07 Å². The van der Waals surface area contributed by atoms with Crippen molar-refractivity contribution in [2.45, 2.75) is 18.9 Å². The number of benzene rings is 1. The average molecular weight is 358 g/mol. The zero-order valence-corrected chi connectivity index (χ0v) is 12.1. The molecular formula is C12H10Br2N2O. The molecule has 1 atom stereocenters. The van der Waals surface area contributed by atoms with Crippen LogP contribution in [0.25, 0.3) is 0 Å². The van der Waals surface area contributed by atoms with Gasteiger partial charge < -0.3 is 5.32 Å². The second-order valence-electron chi connectivity index (χ2n) is 4.08. The zero-order chi connectivity index (χ0) is 12.4. The fourth-order valence-electron chi connectivity index (χ4n) is 1.59. The van der Waals surface area contributed by atoms with Crippen LogP contribution < -0.4 is 5.32 Å². The van der Waals surface area contributed by atoms with Gasteiger partial charge in [0.2, 0.25) is 0 Å². The predicted octanol–water partition coefficient (Wildman–Crippen LogP) is 3.24. The van der Waals surface area contributed by atoms with E-state index in [1.165, 1.54) is 0 Å². The normalized spacial score (nSPS) is 16.1. The molecule has 0 bridgehead atoms. The molecule has 1 aromatic rings. The molecule has 1 amide bonds. The lowest BCUT2D eigenvalue weighted by molar-refractivity contribution is 0.0941. The van der Waals surface area contributed by atoms with Crippen LogP contribution in [-0.2, 0) is 0 Å². The Kier molecular flexibility index (Phi) is 3.85. The van der Waals surface area contributed by atoms with Gasteiger partial charge in [-0.15, -0.1) is 0 Å². The van der Waals surface area contributed by atoms with Crippen molar-refractivity contribution < 1.29 is 4.79 Å². The Morgan fingerprint density at radius 1 is 1.35 bits per heavy atom. The standard InChI is InChI=1S/C12H10Br2N2O/c13-9-3-8(4-10(14)5-9)12(17)16-11(6-15)7-1-2-7/h3-5,7,11H,1-2H2,(H,16,17). The van der Waals surface area contributed by atoms with Crippen LogP contribution in [0.4, 0.5) is 0 Å². The first-order valence-electron chi connectivity index (χ1n) is 5.26. The van der Waals surface area contributed by atoms with E-state index in [1.54, 1.807) is 12.1 Å². The SMILES string of the molecule is N#CC(NC(=O)c1cc(Br)cc(Br)c1)C1CC1. The van der Waals surface area contributed by atoms with Crippen LogP contribution in [0, 0.1) is 17.2 Å². The van der Waals surface area contributed by atoms with Crippen LogP contribution in [0.1, 0.15) is 23.2 Å². The Morgan fingerprint density at radius 3 is 2.41 bits per heavy atom. The smallest absolute Gasteiger partial charge is 0.252 e. The van der Waals surface area contributed by atoms with E-state index in [9.17, 15) is 4.79 Å². The third-order valence-electron chi connectivity index (χ3n) is 2.64. The van der Waals surface area contributed by atoms with Crippen molar-refractivity contribution in [1.29, 1.82) is 5.26 Å². The molecule has 1 fully saturated rings. The number of halogens is 2. The minimum absolute atomic E-state index is 0.203. The van der Waals surface area contributed by atoms with Gasteiger partial charge >= 0.3 is 0 Å². The van der Waals surface area contributed by atoms with E-state index in [2.05, 4.69) is 43.2 Å². The molecule has 1 aliphatic carbocycles. The molecular weight excluding hydrogens is 348 g/mol. The number of nitrogens with one attached hydrogen (secondary N) is 1. The summed E-state index contributed by atoms with van der Waals surface area (Å²) >= 11 is 6.66. The summed E-state index contributed by atoms with van der Waals surface area (Å²) in [5, 5.41) is 11.7. The van der Waals surface area contributed by atoms with Gasteiger partial charge in [-0.25, -0.2) is 0 Å². The summed E-state index contributed by atoms with van der Waals surface area (Å²) in [6.45, 7) is 0. The summed E-state index contributed by atoms with van der Waals surface area (Å²) < 4.78 is 1.66. The Balaban J connectivity index is 2.11. The van der Waals surface area contributed by atoms with Crippen molar-refractivity contribution in [2.75, 3.05) is 0 Å². The van der Waals surface area contributed by atoms with Gasteiger partial charge in [-0.1, -0.05) is 31.9 Å². The maximum atomic E-state index is 11.9. The second kappa shape index (κ2) is 5.19. The molecule has 1 aromatic carbocycles. The molecule has 5 heteroatoms. The first kappa shape index (κ1) is 12.6. The molecule has 0 saturated heterocycles. The van der Waals surface area contributed by atoms with E-state index in [1.807, 2.05) is 6.07 Å². The van der Waals surface area contributed by atoms with Gasteiger partial charge in [0.1, 0.15) is 6.04 Å². The largest absolute Gasteiger partial charge is 0.336 e. The van der Waals surface area contributed by atoms with Crippen LogP contribution >= 0.6 is 31.9 Å². The first-order chi connectivity index (χ1) is 8.10. The molecule has 0 spiro atoms. The van der Waals surface area contributed by atoms with Crippen molar-refractivity contribution in [1.82, 2.24) is 5.32 Å². The molecule has 88 valence electrons. The van der Waals surface area contributed by atoms with E-state index in [0.717, 1.165) is 21.8 Å². The van der Waals surface area contributed by atoms with Crippen molar-refractivity contribution in [3.05, 3.63) is 32.7 Å². The third-order valence-corrected chi connectivity index (χ3v) is 3.56. The second-order valence-corrected chi connectivity index (χ2v) is 5.91. The third kappa shape index (κ3) is 3.30. The minimum Gasteiger partial charge on any atom is -0.336 e. The summed E-state index contributed by atoms with van der Waals surface area (Å²) in [6.07, 6.45) is 2.06. The van der Waals surface area contributed by atoms with E-state index >= 15 is 0 Å². The molecule has 0 aliphatic heterocycles. The van der Waals surface area contributed by atoms with Crippen molar-refractivity contribution >= 4 is 37.8 Å². The van der Waals surface area contributed by atoms with E-state index in [0.29, 0.717) is 11.5 Å². The predicted molar refractivity (Wildman–Crippen MR) is 71.4 cm³/mol. The number of carbonyl (C=O) groups is 1. The van der Waals surface area contributed by atoms with Crippen molar-refractivity contribution in [2.24, 2.45) is 5.92 Å². The highest BCUT2D eigenvalue weighted by Gasteiger charge is 2.32. The minimum atomic E-state index is -0.361. The van der Waals surface area contributed by atoms with Crippen LogP contribution in [0.2, 0.25) is 0 Å². The van der Waals surface area contributed by atoms with Crippen molar-refractivity contribution in [3.63, 3.8) is 0 Å². The van der Waals surface area contributed by atoms with Crippen LogP contribution in [0.15, 0.2) is 27.1 Å². The molecule has 3 nitrogen and oxygen atoms in total.